The van der Waals surface area contributed by atoms with Gasteiger partial charge in [0.05, 0.1) is 12.3 Å². The third-order valence-corrected chi connectivity index (χ3v) is 5.31. The van der Waals surface area contributed by atoms with E-state index in [1.165, 1.54) is 17.0 Å². The van der Waals surface area contributed by atoms with E-state index in [0.717, 1.165) is 17.3 Å². The Morgan fingerprint density at radius 3 is 2.52 bits per heavy atom. The van der Waals surface area contributed by atoms with Crippen LogP contribution in [0.15, 0.2) is 42.5 Å². The molecule has 0 atom stereocenters. The molecule has 0 spiro atoms. The van der Waals surface area contributed by atoms with Gasteiger partial charge in [-0.1, -0.05) is 23.9 Å². The van der Waals surface area contributed by atoms with E-state index in [2.05, 4.69) is 5.32 Å². The van der Waals surface area contributed by atoms with Gasteiger partial charge in [-0.25, -0.2) is 4.39 Å². The molecule has 1 aliphatic heterocycles. The van der Waals surface area contributed by atoms with Gasteiger partial charge >= 0.3 is 0 Å². The molecule has 1 N–H and O–H groups in total. The molecule has 25 heavy (non-hydrogen) atoms. The number of imide groups is 1. The lowest BCUT2D eigenvalue weighted by atomic mass is 10.1. The molecular weight excluding hydrogens is 458 g/mol. The average molecular weight is 470 g/mol. The van der Waals surface area contributed by atoms with Crippen LogP contribution in [-0.2, 0) is 11.3 Å². The SMILES string of the molecule is O=C(Nc1ccc(CN2C(=O)CSC2=O)cc1)c1ccc(I)c(F)c1. The van der Waals surface area contributed by atoms with E-state index >= 15 is 0 Å². The van der Waals surface area contributed by atoms with Gasteiger partial charge in [0.15, 0.2) is 0 Å². The number of thioether (sulfide) groups is 1. The third kappa shape index (κ3) is 4.18. The number of halogens is 2. The molecule has 1 fully saturated rings. The molecule has 0 radical (unpaired) electrons. The van der Waals surface area contributed by atoms with E-state index in [1.54, 1.807) is 30.3 Å². The number of hydrogen-bond donors (Lipinski definition) is 1. The van der Waals surface area contributed by atoms with Crippen molar-refractivity contribution in [2.24, 2.45) is 0 Å². The van der Waals surface area contributed by atoms with Crippen LogP contribution in [-0.4, -0.2) is 27.7 Å². The molecule has 2 aromatic rings. The first-order valence-corrected chi connectivity index (χ1v) is 9.33. The second kappa shape index (κ2) is 7.52. The number of amides is 3. The van der Waals surface area contributed by atoms with Crippen molar-refractivity contribution >= 4 is 57.1 Å². The van der Waals surface area contributed by atoms with Gasteiger partial charge < -0.3 is 5.32 Å². The molecule has 2 aromatic carbocycles. The molecule has 1 heterocycles. The molecule has 3 rings (SSSR count). The fraction of sp³-hybridized carbons (Fsp3) is 0.118. The highest BCUT2D eigenvalue weighted by Gasteiger charge is 2.29. The molecule has 128 valence electrons. The highest BCUT2D eigenvalue weighted by molar-refractivity contribution is 14.1. The Morgan fingerprint density at radius 1 is 1.20 bits per heavy atom. The number of rotatable bonds is 4. The molecule has 0 saturated carbocycles. The van der Waals surface area contributed by atoms with Crippen molar-refractivity contribution in [1.82, 2.24) is 4.90 Å². The van der Waals surface area contributed by atoms with E-state index < -0.39 is 11.7 Å². The zero-order valence-electron chi connectivity index (χ0n) is 12.8. The minimum atomic E-state index is -0.443. The van der Waals surface area contributed by atoms with Crippen LogP contribution in [0.1, 0.15) is 15.9 Å². The van der Waals surface area contributed by atoms with E-state index in [0.29, 0.717) is 9.26 Å². The summed E-state index contributed by atoms with van der Waals surface area (Å²) in [6.45, 7) is 0.210. The Bertz CT molecular complexity index is 841. The number of carbonyl (C=O) groups is 3. The van der Waals surface area contributed by atoms with Crippen molar-refractivity contribution in [2.45, 2.75) is 6.54 Å². The predicted molar refractivity (Wildman–Crippen MR) is 102 cm³/mol. The summed E-state index contributed by atoms with van der Waals surface area (Å²) < 4.78 is 14.0. The number of anilines is 1. The third-order valence-electron chi connectivity index (χ3n) is 3.57. The van der Waals surface area contributed by atoms with Crippen LogP contribution in [0, 0.1) is 9.39 Å². The summed E-state index contributed by atoms with van der Waals surface area (Å²) in [6, 6.07) is 11.1. The Morgan fingerprint density at radius 2 is 1.92 bits per heavy atom. The first-order chi connectivity index (χ1) is 11.9. The quantitative estimate of drug-likeness (QED) is 0.690. The number of carbonyl (C=O) groups excluding carboxylic acids is 3. The summed E-state index contributed by atoms with van der Waals surface area (Å²) in [7, 11) is 0. The lowest BCUT2D eigenvalue weighted by molar-refractivity contribution is -0.125. The van der Waals surface area contributed by atoms with Gasteiger partial charge in [-0.05, 0) is 58.5 Å². The van der Waals surface area contributed by atoms with Crippen LogP contribution in [0.3, 0.4) is 0 Å². The van der Waals surface area contributed by atoms with Gasteiger partial charge in [0.1, 0.15) is 5.82 Å². The minimum Gasteiger partial charge on any atom is -0.322 e. The van der Waals surface area contributed by atoms with Crippen molar-refractivity contribution < 1.29 is 18.8 Å². The van der Waals surface area contributed by atoms with Gasteiger partial charge in [0.2, 0.25) is 5.91 Å². The number of nitrogens with one attached hydrogen (secondary N) is 1. The molecule has 1 saturated heterocycles. The molecule has 1 aliphatic rings. The molecule has 0 aliphatic carbocycles. The maximum absolute atomic E-state index is 13.5. The largest absolute Gasteiger partial charge is 0.322 e. The van der Waals surface area contributed by atoms with Gasteiger partial charge in [0.25, 0.3) is 11.1 Å². The summed E-state index contributed by atoms with van der Waals surface area (Å²) in [5, 5.41) is 2.44. The standard InChI is InChI=1S/C17H12FIN2O3S/c18-13-7-11(3-6-14(13)19)16(23)20-12-4-1-10(2-5-12)8-21-15(22)9-25-17(21)24/h1-7H,8-9H2,(H,20,23). The van der Waals surface area contributed by atoms with Crippen molar-refractivity contribution in [1.29, 1.82) is 0 Å². The minimum absolute atomic E-state index is 0.180. The predicted octanol–water partition coefficient (Wildman–Crippen LogP) is 3.88. The highest BCUT2D eigenvalue weighted by Crippen LogP contribution is 2.22. The molecule has 3 amide bonds. The second-order valence-corrected chi connectivity index (χ2v) is 7.40. The smallest absolute Gasteiger partial charge is 0.289 e. The van der Waals surface area contributed by atoms with E-state index in [-0.39, 0.29) is 29.0 Å². The van der Waals surface area contributed by atoms with Gasteiger partial charge in [-0.15, -0.1) is 0 Å². The molecule has 0 aromatic heterocycles. The highest BCUT2D eigenvalue weighted by atomic mass is 127. The molecule has 0 bridgehead atoms. The zero-order chi connectivity index (χ0) is 18.0. The van der Waals surface area contributed by atoms with Crippen molar-refractivity contribution in [3.05, 3.63) is 63.0 Å². The summed E-state index contributed by atoms with van der Waals surface area (Å²) in [6.07, 6.45) is 0. The summed E-state index contributed by atoms with van der Waals surface area (Å²) in [4.78, 5) is 36.5. The zero-order valence-corrected chi connectivity index (χ0v) is 15.8. The Hall–Kier alpha value is -1.94. The van der Waals surface area contributed by atoms with E-state index in [9.17, 15) is 18.8 Å². The van der Waals surface area contributed by atoms with Crippen molar-refractivity contribution in [3.63, 3.8) is 0 Å². The van der Waals surface area contributed by atoms with E-state index in [1.807, 2.05) is 22.6 Å². The van der Waals surface area contributed by atoms with Crippen LogP contribution >= 0.6 is 34.4 Å². The maximum atomic E-state index is 13.5. The molecule has 8 heteroatoms. The van der Waals surface area contributed by atoms with Crippen LogP contribution in [0.2, 0.25) is 0 Å². The topological polar surface area (TPSA) is 66.5 Å². The Balaban J connectivity index is 1.66. The van der Waals surface area contributed by atoms with Crippen LogP contribution in [0.25, 0.3) is 0 Å². The normalized spacial score (nSPS) is 14.1. The summed E-state index contributed by atoms with van der Waals surface area (Å²) >= 11 is 2.85. The van der Waals surface area contributed by atoms with Gasteiger partial charge in [-0.3, -0.25) is 19.3 Å². The number of hydrogen-bond acceptors (Lipinski definition) is 4. The lowest BCUT2D eigenvalue weighted by Crippen LogP contribution is -2.27. The number of benzene rings is 2. The van der Waals surface area contributed by atoms with Crippen molar-refractivity contribution in [3.8, 4) is 0 Å². The molecule has 5 nitrogen and oxygen atoms in total. The van der Waals surface area contributed by atoms with Crippen LogP contribution in [0.5, 0.6) is 0 Å². The van der Waals surface area contributed by atoms with Crippen molar-refractivity contribution in [2.75, 3.05) is 11.1 Å². The Labute approximate surface area is 161 Å². The summed E-state index contributed by atoms with van der Waals surface area (Å²) in [5.74, 6) is -0.876. The lowest BCUT2D eigenvalue weighted by Gasteiger charge is -2.13. The monoisotopic (exact) mass is 470 g/mol. The maximum Gasteiger partial charge on any atom is 0.289 e. The number of nitrogens with zero attached hydrogens (tertiary/aromatic N) is 1. The summed E-state index contributed by atoms with van der Waals surface area (Å²) in [5.41, 5.74) is 1.55. The average Bonchev–Trinajstić information content (AvgIpc) is 2.91. The molecular formula is C17H12FIN2O3S. The van der Waals surface area contributed by atoms with E-state index in [4.69, 9.17) is 0 Å². The van der Waals surface area contributed by atoms with Gasteiger partial charge in [0, 0.05) is 14.8 Å². The first kappa shape index (κ1) is 17.9. The molecule has 0 unspecified atom stereocenters. The van der Waals surface area contributed by atoms with Gasteiger partial charge in [-0.2, -0.15) is 0 Å². The van der Waals surface area contributed by atoms with Crippen LogP contribution < -0.4 is 5.32 Å². The first-order valence-electron chi connectivity index (χ1n) is 7.26. The Kier molecular flexibility index (Phi) is 5.38. The second-order valence-electron chi connectivity index (χ2n) is 5.31. The fourth-order valence-electron chi connectivity index (χ4n) is 2.25. The van der Waals surface area contributed by atoms with Crippen LogP contribution in [0.4, 0.5) is 14.9 Å². The fourth-order valence-corrected chi connectivity index (χ4v) is 3.31.